The van der Waals surface area contributed by atoms with Crippen molar-refractivity contribution in [1.82, 2.24) is 29.9 Å². The molecular weight excluding hydrogens is 1950 g/mol. The number of aryl methyl sites for hydroxylation is 6. The number of carbonyl (C=O) groups is 1. The van der Waals surface area contributed by atoms with Crippen molar-refractivity contribution in [3.63, 3.8) is 0 Å². The van der Waals surface area contributed by atoms with Gasteiger partial charge in [-0.15, -0.1) is 214 Å². The Hall–Kier alpha value is -9.53. The van der Waals surface area contributed by atoms with Crippen LogP contribution in [0.3, 0.4) is 0 Å². The molecule has 6 aromatic heterocycles. The van der Waals surface area contributed by atoms with Crippen LogP contribution in [0.2, 0.25) is 0 Å². The standard InChI is InChI=1S/2C18H14N.4C12H10N.C5H8O2.4Ir/c2*1-14-12-18(16-10-6-3-7-11-16)19-13-17(14)15-8-4-2-5-9-15;3*1-10-6-2-3-7-11(10)12-8-4-5-9-13-12;1-10-7-8-13-12(9-10)11-5-3-2-4-6-11;1-4(6)3-5(2)7;;;;/h2*2-10,12-13H,1H3;3*2-6,8-9H,1H3;2-5,7-9H,1H3;3,6H,1-2H3;;;;/q6*-1;;;;;. The van der Waals surface area contributed by atoms with Gasteiger partial charge in [0.15, 0.2) is 5.78 Å². The molecule has 12 heteroatoms. The largest absolute Gasteiger partial charge is 0.512 e. The minimum absolute atomic E-state index is 0. The van der Waals surface area contributed by atoms with E-state index in [-0.39, 0.29) is 92.0 Å². The first-order valence-corrected chi connectivity index (χ1v) is 31.7. The molecule has 0 aliphatic heterocycles. The van der Waals surface area contributed by atoms with Gasteiger partial charge in [0.2, 0.25) is 0 Å². The quantitative estimate of drug-likeness (QED) is 0.0863. The van der Waals surface area contributed by atoms with Gasteiger partial charge in [-0.05, 0) is 115 Å². The number of carbonyl (C=O) groups excluding carboxylic acids is 1. The fourth-order valence-electron chi connectivity index (χ4n) is 9.81. The van der Waals surface area contributed by atoms with E-state index in [1.165, 1.54) is 75.6 Å². The maximum absolute atomic E-state index is 10.0. The molecule has 516 valence electrons. The Morgan fingerprint density at radius 1 is 0.317 bits per heavy atom. The van der Waals surface area contributed by atoms with Crippen molar-refractivity contribution in [1.29, 1.82) is 0 Å². The second-order valence-electron chi connectivity index (χ2n) is 22.3. The molecule has 101 heavy (non-hydrogen) atoms. The number of hydrogen-bond acceptors (Lipinski definition) is 8. The fourth-order valence-corrected chi connectivity index (χ4v) is 9.81. The average Bonchev–Trinajstić information content (AvgIpc) is 0.881. The fraction of sp³-hybridized carbons (Fsp3) is 0.0899. The molecule has 0 saturated carbocycles. The number of nitrogens with zero attached hydrogens (tertiary/aromatic N) is 6. The molecule has 14 rings (SSSR count). The molecule has 0 aliphatic carbocycles. The maximum Gasteiger partial charge on any atom is 0.155 e. The first-order chi connectivity index (χ1) is 47.3. The summed E-state index contributed by atoms with van der Waals surface area (Å²) in [6.45, 7) is 15.4. The van der Waals surface area contributed by atoms with Gasteiger partial charge in [-0.2, -0.15) is 0 Å². The first kappa shape index (κ1) is 83.9. The van der Waals surface area contributed by atoms with Crippen molar-refractivity contribution >= 4 is 5.78 Å². The predicted molar refractivity (Wildman–Crippen MR) is 397 cm³/mol. The van der Waals surface area contributed by atoms with Crippen LogP contribution in [0.1, 0.15) is 47.2 Å². The zero-order valence-corrected chi connectivity index (χ0v) is 66.9. The first-order valence-electron chi connectivity index (χ1n) is 31.7. The van der Waals surface area contributed by atoms with Gasteiger partial charge in [0.1, 0.15) is 0 Å². The molecule has 0 unspecified atom stereocenters. The summed E-state index contributed by atoms with van der Waals surface area (Å²) in [6.07, 6.45) is 12.3. The van der Waals surface area contributed by atoms with E-state index < -0.39 is 0 Å². The van der Waals surface area contributed by atoms with Crippen LogP contribution in [0.15, 0.2) is 316 Å². The van der Waals surface area contributed by atoms with E-state index in [4.69, 9.17) is 5.11 Å². The number of aliphatic hydroxyl groups excluding tert-OH is 1. The Labute approximate surface area is 651 Å². The Morgan fingerprint density at radius 3 is 0.901 bits per heavy atom. The molecule has 0 amide bonds. The molecule has 0 spiro atoms. The molecule has 1 N–H and O–H groups in total. The number of hydrogen-bond donors (Lipinski definition) is 1. The number of allylic oxidation sites excluding steroid dienone is 2. The SMILES string of the molecule is CC(=O)C=C(C)O.Cc1cc(-c2[c-]cccc2)ncc1-c1ccccc1.Cc1cc(-c2[c-]cccc2)ncc1-c1ccccc1.Cc1ccc[c-]c1-c1ccccn1.Cc1ccc[c-]c1-c1ccccn1.Cc1ccc[c-]c1-c1ccccn1.Cc1ccnc(-c2[c-]cccc2)c1.[Ir].[Ir].[Ir].[Ir]. The molecule has 0 saturated heterocycles. The summed E-state index contributed by atoms with van der Waals surface area (Å²) in [5, 5.41) is 8.36. The van der Waals surface area contributed by atoms with Crippen LogP contribution >= 0.6 is 0 Å². The monoisotopic (exact) mass is 2030 g/mol. The molecule has 0 fully saturated rings. The summed E-state index contributed by atoms with van der Waals surface area (Å²) in [4.78, 5) is 36.2. The summed E-state index contributed by atoms with van der Waals surface area (Å²) >= 11 is 0. The summed E-state index contributed by atoms with van der Waals surface area (Å²) in [5.74, 6) is -0.0625. The van der Waals surface area contributed by atoms with Crippen molar-refractivity contribution in [2.45, 2.75) is 55.4 Å². The number of aromatic nitrogens is 6. The van der Waals surface area contributed by atoms with Gasteiger partial charge < -0.3 is 35.0 Å². The number of benzene rings is 8. The Morgan fingerprint density at radius 2 is 0.634 bits per heavy atom. The van der Waals surface area contributed by atoms with Gasteiger partial charge in [-0.1, -0.05) is 142 Å². The van der Waals surface area contributed by atoms with Gasteiger partial charge >= 0.3 is 0 Å². The normalized spacial score (nSPS) is 9.80. The predicted octanol–water partition coefficient (Wildman–Crippen LogP) is 21.5. The van der Waals surface area contributed by atoms with E-state index >= 15 is 0 Å². The van der Waals surface area contributed by atoms with Crippen LogP contribution in [-0.4, -0.2) is 40.8 Å². The Balaban J connectivity index is 0.000000252. The van der Waals surface area contributed by atoms with Crippen molar-refractivity contribution in [3.8, 4) is 89.8 Å². The van der Waals surface area contributed by atoms with Gasteiger partial charge in [-0.25, -0.2) is 0 Å². The zero-order chi connectivity index (χ0) is 68.4. The van der Waals surface area contributed by atoms with Gasteiger partial charge in [-0.3, -0.25) is 4.79 Å². The van der Waals surface area contributed by atoms with Gasteiger partial charge in [0.25, 0.3) is 0 Å². The van der Waals surface area contributed by atoms with E-state index in [0.717, 1.165) is 67.5 Å². The number of ketones is 1. The van der Waals surface area contributed by atoms with Crippen LogP contribution in [0.25, 0.3) is 89.8 Å². The van der Waals surface area contributed by atoms with E-state index in [0.29, 0.717) is 0 Å². The molecule has 4 radical (unpaired) electrons. The molecule has 14 aromatic rings. The molecule has 0 atom stereocenters. The van der Waals surface area contributed by atoms with E-state index in [2.05, 4.69) is 169 Å². The minimum Gasteiger partial charge on any atom is -0.512 e. The third kappa shape index (κ3) is 27.8. The van der Waals surface area contributed by atoms with Crippen LogP contribution in [0.5, 0.6) is 0 Å². The van der Waals surface area contributed by atoms with E-state index in [1.54, 1.807) is 18.6 Å². The third-order valence-corrected chi connectivity index (χ3v) is 14.6. The Bertz CT molecular complexity index is 4360. The van der Waals surface area contributed by atoms with Gasteiger partial charge in [0.05, 0.1) is 5.76 Å². The summed E-state index contributed by atoms with van der Waals surface area (Å²) in [5.41, 5.74) is 24.3. The van der Waals surface area contributed by atoms with Crippen LogP contribution < -0.4 is 0 Å². The molecule has 0 bridgehead atoms. The summed E-state index contributed by atoms with van der Waals surface area (Å²) < 4.78 is 0. The zero-order valence-electron chi connectivity index (χ0n) is 57.3. The number of rotatable bonds is 9. The van der Waals surface area contributed by atoms with Crippen LogP contribution in [0, 0.1) is 77.9 Å². The second kappa shape index (κ2) is 46.0. The molecule has 8 nitrogen and oxygen atoms in total. The van der Waals surface area contributed by atoms with Crippen molar-refractivity contribution < 1.29 is 90.3 Å². The van der Waals surface area contributed by atoms with E-state index in [9.17, 15) is 4.79 Å². The molecule has 0 aliphatic rings. The average molecular weight is 2030 g/mol. The number of aliphatic hydroxyl groups is 1. The minimum atomic E-state index is -0.125. The van der Waals surface area contributed by atoms with E-state index in [1.807, 2.05) is 225 Å². The van der Waals surface area contributed by atoms with Crippen LogP contribution in [-0.2, 0) is 85.2 Å². The molecular formula is C89H76Ir4N6O2-6. The van der Waals surface area contributed by atoms with Crippen LogP contribution in [0.4, 0.5) is 0 Å². The topological polar surface area (TPSA) is 115 Å². The Kier molecular flexibility index (Phi) is 38.2. The summed E-state index contributed by atoms with van der Waals surface area (Å²) in [7, 11) is 0. The smallest absolute Gasteiger partial charge is 0.155 e. The molecule has 8 aromatic carbocycles. The second-order valence-corrected chi connectivity index (χ2v) is 22.3. The number of pyridine rings is 6. The van der Waals surface area contributed by atoms with Crippen molar-refractivity contribution in [2.24, 2.45) is 0 Å². The third-order valence-electron chi connectivity index (χ3n) is 14.6. The van der Waals surface area contributed by atoms with Crippen molar-refractivity contribution in [3.05, 3.63) is 386 Å². The van der Waals surface area contributed by atoms with Gasteiger partial charge in [0, 0.05) is 135 Å². The van der Waals surface area contributed by atoms with Crippen molar-refractivity contribution in [2.75, 3.05) is 0 Å². The summed E-state index contributed by atoms with van der Waals surface area (Å²) in [6, 6.07) is 107. The molecule has 6 heterocycles. The maximum atomic E-state index is 10.0.